The molecule has 5 rings (SSSR count). The number of nitrogens with one attached hydrogen (secondary N) is 2. The zero-order valence-electron chi connectivity index (χ0n) is 28.1. The molecule has 1 aliphatic heterocycles. The van der Waals surface area contributed by atoms with Crippen LogP contribution in [-0.2, 0) is 30.4 Å². The van der Waals surface area contributed by atoms with Crippen LogP contribution in [0.25, 0.3) is 6.08 Å². The highest BCUT2D eigenvalue weighted by atomic mass is 16.4. The van der Waals surface area contributed by atoms with E-state index in [0.717, 1.165) is 24.0 Å². The highest BCUT2D eigenvalue weighted by Gasteiger charge is 2.49. The van der Waals surface area contributed by atoms with Crippen LogP contribution in [0.5, 0.6) is 0 Å². The summed E-state index contributed by atoms with van der Waals surface area (Å²) in [5, 5.41) is 15.4. The number of carbonyl (C=O) groups is 5. The summed E-state index contributed by atoms with van der Waals surface area (Å²) in [6.45, 7) is 3.70. The van der Waals surface area contributed by atoms with Crippen molar-refractivity contribution in [2.75, 3.05) is 11.4 Å². The van der Waals surface area contributed by atoms with Gasteiger partial charge in [0.2, 0.25) is 17.7 Å². The van der Waals surface area contributed by atoms with Crippen molar-refractivity contribution in [3.05, 3.63) is 107 Å². The molecule has 256 valence electrons. The lowest BCUT2D eigenvalue weighted by Crippen LogP contribution is -2.42. The summed E-state index contributed by atoms with van der Waals surface area (Å²) in [6.07, 6.45) is 5.42. The molecule has 2 aliphatic rings. The molecule has 0 aromatic heterocycles. The average molecular weight is 665 g/mol. The number of aliphatic carboxylic acids is 1. The van der Waals surface area contributed by atoms with Crippen molar-refractivity contribution in [1.29, 1.82) is 0 Å². The molecule has 3 N–H and O–H groups in total. The number of rotatable bonds is 13. The molecule has 1 aliphatic carbocycles. The number of carbonyl (C=O) groups excluding carboxylic acids is 4. The molecule has 0 bridgehead atoms. The predicted octanol–water partition coefficient (Wildman–Crippen LogP) is 5.60. The summed E-state index contributed by atoms with van der Waals surface area (Å²) in [6, 6.07) is 25.3. The Balaban J connectivity index is 1.45. The summed E-state index contributed by atoms with van der Waals surface area (Å²) in [5.41, 5.74) is 1.81. The smallest absolute Gasteiger partial charge is 0.352 e. The maximum atomic E-state index is 14.3. The fourth-order valence-electron chi connectivity index (χ4n) is 7.00. The molecule has 10 heteroatoms. The number of hydrogen-bond donors (Lipinski definition) is 3. The van der Waals surface area contributed by atoms with Crippen LogP contribution in [0.2, 0.25) is 0 Å². The molecule has 2 atom stereocenters. The van der Waals surface area contributed by atoms with Gasteiger partial charge in [0.25, 0.3) is 5.91 Å². The second-order valence-electron chi connectivity index (χ2n) is 12.9. The third kappa shape index (κ3) is 8.08. The van der Waals surface area contributed by atoms with Gasteiger partial charge >= 0.3 is 5.97 Å². The van der Waals surface area contributed by atoms with Gasteiger partial charge in [-0.3, -0.25) is 24.1 Å². The Labute approximate surface area is 287 Å². The zero-order chi connectivity index (χ0) is 35.0. The molecule has 1 saturated heterocycles. The molecule has 4 amide bonds. The molecular weight excluding hydrogens is 620 g/mol. The van der Waals surface area contributed by atoms with E-state index < -0.39 is 23.6 Å². The average Bonchev–Trinajstić information content (AvgIpc) is 3.69. The van der Waals surface area contributed by atoms with E-state index in [-0.39, 0.29) is 29.3 Å². The standard InChI is InChI=1S/C39H44N4O6/c1-3-12-34(45)43-33(26-28-13-6-4-7-14-28)36(46)42(35(43)30-15-8-5-9-16-30)31-19-17-29(18-20-31)25-32(37(47)48)41-38(49)39(21-10-11-22-39)23-24-40-27(2)44/h4-9,13-20,25,33,35H,3,10-12,21-24,26H2,1-2H3,(H,40,44)(H,41,49)(H,47,48). The van der Waals surface area contributed by atoms with Crippen LogP contribution >= 0.6 is 0 Å². The second kappa shape index (κ2) is 15.8. The van der Waals surface area contributed by atoms with Crippen LogP contribution in [0.1, 0.15) is 81.6 Å². The predicted molar refractivity (Wildman–Crippen MR) is 187 cm³/mol. The van der Waals surface area contributed by atoms with E-state index in [2.05, 4.69) is 10.6 Å². The summed E-state index contributed by atoms with van der Waals surface area (Å²) >= 11 is 0. The van der Waals surface area contributed by atoms with Crippen molar-refractivity contribution in [2.45, 2.75) is 77.4 Å². The molecule has 2 fully saturated rings. The zero-order valence-corrected chi connectivity index (χ0v) is 28.1. The van der Waals surface area contributed by atoms with Gasteiger partial charge in [0.15, 0.2) is 0 Å². The summed E-state index contributed by atoms with van der Waals surface area (Å²) in [7, 11) is 0. The maximum Gasteiger partial charge on any atom is 0.352 e. The first-order valence-electron chi connectivity index (χ1n) is 17.0. The van der Waals surface area contributed by atoms with Crippen LogP contribution in [-0.4, -0.2) is 52.2 Å². The van der Waals surface area contributed by atoms with E-state index in [1.165, 1.54) is 13.0 Å². The van der Waals surface area contributed by atoms with Crippen molar-refractivity contribution in [3.8, 4) is 0 Å². The lowest BCUT2D eigenvalue weighted by molar-refractivity contribution is -0.137. The van der Waals surface area contributed by atoms with Gasteiger partial charge in [0.1, 0.15) is 17.9 Å². The molecule has 3 aromatic carbocycles. The number of carboxylic acid groups (broad SMARTS) is 1. The van der Waals surface area contributed by atoms with Gasteiger partial charge in [-0.15, -0.1) is 0 Å². The molecule has 0 radical (unpaired) electrons. The number of anilines is 1. The lowest BCUT2D eigenvalue weighted by Gasteiger charge is -2.32. The Morgan fingerprint density at radius 3 is 2.14 bits per heavy atom. The highest BCUT2D eigenvalue weighted by Crippen LogP contribution is 2.42. The topological polar surface area (TPSA) is 136 Å². The van der Waals surface area contributed by atoms with E-state index in [9.17, 15) is 29.1 Å². The van der Waals surface area contributed by atoms with Crippen molar-refractivity contribution in [1.82, 2.24) is 15.5 Å². The number of benzene rings is 3. The molecule has 10 nitrogen and oxygen atoms in total. The minimum atomic E-state index is -1.28. The van der Waals surface area contributed by atoms with Gasteiger partial charge in [0.05, 0.1) is 5.41 Å². The van der Waals surface area contributed by atoms with Crippen molar-refractivity contribution >= 4 is 41.4 Å². The number of hydrogen-bond acceptors (Lipinski definition) is 5. The molecule has 1 saturated carbocycles. The van der Waals surface area contributed by atoms with Crippen LogP contribution in [0.15, 0.2) is 90.6 Å². The van der Waals surface area contributed by atoms with E-state index in [4.69, 9.17) is 0 Å². The minimum absolute atomic E-state index is 0.105. The van der Waals surface area contributed by atoms with Crippen molar-refractivity contribution < 1.29 is 29.1 Å². The van der Waals surface area contributed by atoms with Crippen LogP contribution < -0.4 is 15.5 Å². The van der Waals surface area contributed by atoms with Crippen LogP contribution in [0.3, 0.4) is 0 Å². The lowest BCUT2D eigenvalue weighted by atomic mass is 9.81. The van der Waals surface area contributed by atoms with Gasteiger partial charge < -0.3 is 20.6 Å². The summed E-state index contributed by atoms with van der Waals surface area (Å²) in [4.78, 5) is 68.6. The minimum Gasteiger partial charge on any atom is -0.477 e. The fraction of sp³-hybridized carbons (Fsp3) is 0.359. The third-order valence-electron chi connectivity index (χ3n) is 9.47. The van der Waals surface area contributed by atoms with Crippen molar-refractivity contribution in [2.24, 2.45) is 5.41 Å². The van der Waals surface area contributed by atoms with E-state index >= 15 is 0 Å². The van der Waals surface area contributed by atoms with Gasteiger partial charge in [-0.1, -0.05) is 92.6 Å². The third-order valence-corrected chi connectivity index (χ3v) is 9.47. The summed E-state index contributed by atoms with van der Waals surface area (Å²) in [5.74, 6) is -2.13. The molecule has 49 heavy (non-hydrogen) atoms. The SMILES string of the molecule is CCCC(=O)N1C(Cc2ccccc2)C(=O)N(c2ccc(C=C(NC(=O)C3(CCNC(C)=O)CCCC3)C(=O)O)cc2)C1c1ccccc1. The van der Waals surface area contributed by atoms with Crippen LogP contribution in [0, 0.1) is 5.41 Å². The monoisotopic (exact) mass is 664 g/mol. The first-order valence-corrected chi connectivity index (χ1v) is 17.0. The number of carboxylic acids is 1. The summed E-state index contributed by atoms with van der Waals surface area (Å²) < 4.78 is 0. The molecule has 1 heterocycles. The Hall–Kier alpha value is -5.25. The Kier molecular flexibility index (Phi) is 11.3. The Bertz CT molecular complexity index is 1680. The fourth-order valence-corrected chi connectivity index (χ4v) is 7.00. The van der Waals surface area contributed by atoms with Gasteiger partial charge in [-0.2, -0.15) is 0 Å². The number of amides is 4. The van der Waals surface area contributed by atoms with E-state index in [1.807, 2.05) is 67.6 Å². The van der Waals surface area contributed by atoms with Crippen LogP contribution in [0.4, 0.5) is 5.69 Å². The quantitative estimate of drug-likeness (QED) is 0.204. The molecule has 2 unspecified atom stereocenters. The maximum absolute atomic E-state index is 14.3. The first kappa shape index (κ1) is 35.1. The molecular formula is C39H44N4O6. The first-order chi connectivity index (χ1) is 23.6. The normalized spacial score (nSPS) is 18.7. The highest BCUT2D eigenvalue weighted by molar-refractivity contribution is 6.04. The van der Waals surface area contributed by atoms with E-state index in [1.54, 1.807) is 34.1 Å². The van der Waals surface area contributed by atoms with Gasteiger partial charge in [-0.25, -0.2) is 4.79 Å². The Morgan fingerprint density at radius 1 is 0.918 bits per heavy atom. The molecule has 0 spiro atoms. The Morgan fingerprint density at radius 2 is 1.55 bits per heavy atom. The van der Waals surface area contributed by atoms with Crippen molar-refractivity contribution in [3.63, 3.8) is 0 Å². The second-order valence-corrected chi connectivity index (χ2v) is 12.9. The van der Waals surface area contributed by atoms with Gasteiger partial charge in [0, 0.05) is 32.0 Å². The van der Waals surface area contributed by atoms with E-state index in [0.29, 0.717) is 56.3 Å². The molecule has 3 aromatic rings. The van der Waals surface area contributed by atoms with Gasteiger partial charge in [-0.05, 0) is 60.6 Å². The largest absolute Gasteiger partial charge is 0.477 e. The number of nitrogens with zero attached hydrogens (tertiary/aromatic N) is 2.